The minimum absolute atomic E-state index is 0.116. The van der Waals surface area contributed by atoms with Gasteiger partial charge in [0, 0.05) is 32.1 Å². The summed E-state index contributed by atoms with van der Waals surface area (Å²) in [5, 5.41) is 5.46. The van der Waals surface area contributed by atoms with Crippen LogP contribution in [0.4, 0.5) is 0 Å². The SMILES string of the molecule is CC(NCc1cc(Cl)ccc1Br)c1ccc(Cl)cc1Cl. The highest BCUT2D eigenvalue weighted by Gasteiger charge is 2.10. The lowest BCUT2D eigenvalue weighted by Gasteiger charge is -2.16. The Labute approximate surface area is 142 Å². The van der Waals surface area contributed by atoms with E-state index in [-0.39, 0.29) is 6.04 Å². The maximum Gasteiger partial charge on any atom is 0.0468 e. The van der Waals surface area contributed by atoms with Gasteiger partial charge in [0.2, 0.25) is 0 Å². The summed E-state index contributed by atoms with van der Waals surface area (Å²) in [6.07, 6.45) is 0. The molecule has 2 aromatic rings. The van der Waals surface area contributed by atoms with Gasteiger partial charge in [0.15, 0.2) is 0 Å². The van der Waals surface area contributed by atoms with E-state index in [1.165, 1.54) is 0 Å². The lowest BCUT2D eigenvalue weighted by Crippen LogP contribution is -2.18. The standard InChI is InChI=1S/C15H13BrCl3N/c1-9(13-4-2-12(18)7-15(13)19)20-8-10-6-11(17)3-5-14(10)16/h2-7,9,20H,8H2,1H3. The molecule has 0 aromatic heterocycles. The molecule has 0 fully saturated rings. The van der Waals surface area contributed by atoms with Gasteiger partial charge < -0.3 is 5.32 Å². The smallest absolute Gasteiger partial charge is 0.0468 e. The second-order valence-electron chi connectivity index (χ2n) is 4.50. The highest BCUT2D eigenvalue weighted by Crippen LogP contribution is 2.27. The van der Waals surface area contributed by atoms with E-state index in [1.807, 2.05) is 30.3 Å². The molecule has 20 heavy (non-hydrogen) atoms. The van der Waals surface area contributed by atoms with Gasteiger partial charge in [-0.25, -0.2) is 0 Å². The molecule has 1 atom stereocenters. The zero-order valence-electron chi connectivity index (χ0n) is 10.8. The van der Waals surface area contributed by atoms with Crippen LogP contribution in [-0.2, 0) is 6.54 Å². The first-order chi connectivity index (χ1) is 9.47. The molecule has 2 aromatic carbocycles. The van der Waals surface area contributed by atoms with Gasteiger partial charge in [-0.2, -0.15) is 0 Å². The molecule has 0 radical (unpaired) electrons. The van der Waals surface area contributed by atoms with Crippen molar-refractivity contribution >= 4 is 50.7 Å². The lowest BCUT2D eigenvalue weighted by atomic mass is 10.1. The van der Waals surface area contributed by atoms with Crippen LogP contribution in [0.1, 0.15) is 24.1 Å². The molecule has 0 heterocycles. The molecule has 1 unspecified atom stereocenters. The minimum atomic E-state index is 0.116. The predicted molar refractivity (Wildman–Crippen MR) is 90.9 cm³/mol. The summed E-state index contributed by atoms with van der Waals surface area (Å²) in [6, 6.07) is 11.4. The number of hydrogen-bond acceptors (Lipinski definition) is 1. The molecular weight excluding hydrogens is 380 g/mol. The van der Waals surface area contributed by atoms with Crippen LogP contribution in [0, 0.1) is 0 Å². The molecule has 0 saturated carbocycles. The van der Waals surface area contributed by atoms with Crippen molar-refractivity contribution in [1.82, 2.24) is 5.32 Å². The molecule has 1 nitrogen and oxygen atoms in total. The lowest BCUT2D eigenvalue weighted by molar-refractivity contribution is 0.574. The molecule has 106 valence electrons. The van der Waals surface area contributed by atoms with Gasteiger partial charge in [-0.1, -0.05) is 56.8 Å². The molecule has 0 aliphatic carbocycles. The van der Waals surface area contributed by atoms with E-state index in [2.05, 4.69) is 28.2 Å². The number of hydrogen-bond donors (Lipinski definition) is 1. The fraction of sp³-hybridized carbons (Fsp3) is 0.200. The summed E-state index contributed by atoms with van der Waals surface area (Å²) in [5.41, 5.74) is 2.13. The van der Waals surface area contributed by atoms with Gasteiger partial charge >= 0.3 is 0 Å². The van der Waals surface area contributed by atoms with Gasteiger partial charge in [-0.05, 0) is 48.4 Å². The average Bonchev–Trinajstić information content (AvgIpc) is 2.39. The van der Waals surface area contributed by atoms with E-state index < -0.39 is 0 Å². The molecular formula is C15H13BrCl3N. The maximum atomic E-state index is 6.21. The van der Waals surface area contributed by atoms with E-state index in [9.17, 15) is 0 Å². The van der Waals surface area contributed by atoms with Gasteiger partial charge in [-0.15, -0.1) is 0 Å². The molecule has 0 spiro atoms. The van der Waals surface area contributed by atoms with Crippen molar-refractivity contribution in [3.8, 4) is 0 Å². The summed E-state index contributed by atoms with van der Waals surface area (Å²) in [5.74, 6) is 0. The third-order valence-electron chi connectivity index (χ3n) is 3.04. The number of nitrogens with one attached hydrogen (secondary N) is 1. The van der Waals surface area contributed by atoms with Gasteiger partial charge in [-0.3, -0.25) is 0 Å². The first-order valence-electron chi connectivity index (χ1n) is 6.09. The van der Waals surface area contributed by atoms with Gasteiger partial charge in [0.25, 0.3) is 0 Å². The Balaban J connectivity index is 2.08. The molecule has 0 saturated heterocycles. The number of rotatable bonds is 4. The number of benzene rings is 2. The minimum Gasteiger partial charge on any atom is -0.306 e. The van der Waals surface area contributed by atoms with Crippen molar-refractivity contribution in [2.75, 3.05) is 0 Å². The van der Waals surface area contributed by atoms with Crippen molar-refractivity contribution < 1.29 is 0 Å². The highest BCUT2D eigenvalue weighted by molar-refractivity contribution is 9.10. The molecule has 1 N–H and O–H groups in total. The Morgan fingerprint density at radius 2 is 1.70 bits per heavy atom. The first-order valence-corrected chi connectivity index (χ1v) is 8.02. The van der Waals surface area contributed by atoms with E-state index in [4.69, 9.17) is 34.8 Å². The second-order valence-corrected chi connectivity index (χ2v) is 6.64. The first kappa shape index (κ1) is 16.1. The van der Waals surface area contributed by atoms with Gasteiger partial charge in [0.1, 0.15) is 0 Å². The molecule has 5 heteroatoms. The summed E-state index contributed by atoms with van der Waals surface area (Å²) < 4.78 is 1.03. The third kappa shape index (κ3) is 4.12. The van der Waals surface area contributed by atoms with Crippen molar-refractivity contribution in [2.24, 2.45) is 0 Å². The van der Waals surface area contributed by atoms with Gasteiger partial charge in [0.05, 0.1) is 0 Å². The van der Waals surface area contributed by atoms with Crippen LogP contribution in [0.15, 0.2) is 40.9 Å². The van der Waals surface area contributed by atoms with Crippen LogP contribution in [0.2, 0.25) is 15.1 Å². The average molecular weight is 394 g/mol. The molecule has 0 amide bonds. The van der Waals surface area contributed by atoms with E-state index in [1.54, 1.807) is 6.07 Å². The van der Waals surface area contributed by atoms with E-state index in [0.29, 0.717) is 16.6 Å². The zero-order chi connectivity index (χ0) is 14.7. The highest BCUT2D eigenvalue weighted by atomic mass is 79.9. The van der Waals surface area contributed by atoms with Crippen LogP contribution >= 0.6 is 50.7 Å². The monoisotopic (exact) mass is 391 g/mol. The topological polar surface area (TPSA) is 12.0 Å². The molecule has 0 aliphatic rings. The van der Waals surface area contributed by atoms with Crippen molar-refractivity contribution in [2.45, 2.75) is 19.5 Å². The van der Waals surface area contributed by atoms with E-state index >= 15 is 0 Å². The maximum absolute atomic E-state index is 6.21. The number of halogens is 4. The Hall–Kier alpha value is -0.250. The Morgan fingerprint density at radius 1 is 1.05 bits per heavy atom. The quantitative estimate of drug-likeness (QED) is 0.646. The fourth-order valence-corrected chi connectivity index (χ4v) is 3.06. The summed E-state index contributed by atoms with van der Waals surface area (Å²) in [4.78, 5) is 0. The largest absolute Gasteiger partial charge is 0.306 e. The molecule has 0 bridgehead atoms. The fourth-order valence-electron chi connectivity index (χ4n) is 1.90. The predicted octanol–water partition coefficient (Wildman–Crippen LogP) is 6.26. The Bertz CT molecular complexity index is 616. The van der Waals surface area contributed by atoms with Crippen LogP contribution in [-0.4, -0.2) is 0 Å². The zero-order valence-corrected chi connectivity index (χ0v) is 14.6. The van der Waals surface area contributed by atoms with E-state index in [0.717, 1.165) is 20.6 Å². The summed E-state index contributed by atoms with van der Waals surface area (Å²) in [7, 11) is 0. The Morgan fingerprint density at radius 3 is 2.40 bits per heavy atom. The molecule has 2 rings (SSSR count). The third-order valence-corrected chi connectivity index (χ3v) is 4.61. The molecule has 0 aliphatic heterocycles. The summed E-state index contributed by atoms with van der Waals surface area (Å²) in [6.45, 7) is 2.76. The van der Waals surface area contributed by atoms with Crippen LogP contribution in [0.5, 0.6) is 0 Å². The van der Waals surface area contributed by atoms with Crippen LogP contribution in [0.25, 0.3) is 0 Å². The van der Waals surface area contributed by atoms with Crippen molar-refractivity contribution in [3.63, 3.8) is 0 Å². The van der Waals surface area contributed by atoms with Crippen molar-refractivity contribution in [3.05, 3.63) is 67.1 Å². The second kappa shape index (κ2) is 7.15. The van der Waals surface area contributed by atoms with Crippen LogP contribution < -0.4 is 5.32 Å². The van der Waals surface area contributed by atoms with Crippen molar-refractivity contribution in [1.29, 1.82) is 0 Å². The normalized spacial score (nSPS) is 12.4. The van der Waals surface area contributed by atoms with Crippen LogP contribution in [0.3, 0.4) is 0 Å². The summed E-state index contributed by atoms with van der Waals surface area (Å²) >= 11 is 21.6. The Kier molecular flexibility index (Phi) is 5.76.